The highest BCUT2D eigenvalue weighted by atomic mass is 19.2. The number of hydrogen-bond acceptors (Lipinski definition) is 3. The van der Waals surface area contributed by atoms with Crippen LogP contribution in [0.2, 0.25) is 0 Å². The van der Waals surface area contributed by atoms with Gasteiger partial charge in [-0.25, -0.2) is 13.2 Å². The van der Waals surface area contributed by atoms with Crippen molar-refractivity contribution >= 4 is 0 Å². The molecule has 2 fully saturated rings. The molecular formula is C16H19F3O3. The van der Waals surface area contributed by atoms with Crippen LogP contribution >= 0.6 is 0 Å². The van der Waals surface area contributed by atoms with E-state index in [0.29, 0.717) is 37.7 Å². The maximum absolute atomic E-state index is 13.3. The first-order chi connectivity index (χ1) is 10.5. The Labute approximate surface area is 127 Å². The molecule has 0 spiro atoms. The number of hydrogen-bond donors (Lipinski definition) is 0. The van der Waals surface area contributed by atoms with Crippen LogP contribution < -0.4 is 0 Å². The van der Waals surface area contributed by atoms with Gasteiger partial charge in [0.15, 0.2) is 23.7 Å². The Kier molecular flexibility index (Phi) is 4.70. The highest BCUT2D eigenvalue weighted by Crippen LogP contribution is 2.34. The molecule has 0 bridgehead atoms. The second-order valence-electron chi connectivity index (χ2n) is 6.10. The van der Waals surface area contributed by atoms with E-state index < -0.39 is 23.6 Å². The molecule has 6 heteroatoms. The molecular weight excluding hydrogens is 297 g/mol. The van der Waals surface area contributed by atoms with Crippen LogP contribution in [-0.4, -0.2) is 26.1 Å². The lowest BCUT2D eigenvalue weighted by atomic mass is 9.93. The van der Waals surface area contributed by atoms with Gasteiger partial charge in [0.2, 0.25) is 0 Å². The fraction of sp³-hybridized carbons (Fsp3) is 0.625. The summed E-state index contributed by atoms with van der Waals surface area (Å²) < 4.78 is 56.6. The normalized spacial score (nSPS) is 32.9. The van der Waals surface area contributed by atoms with Crippen LogP contribution in [0, 0.1) is 29.3 Å². The fourth-order valence-corrected chi connectivity index (χ4v) is 2.90. The van der Waals surface area contributed by atoms with E-state index in [9.17, 15) is 13.2 Å². The van der Waals surface area contributed by atoms with Gasteiger partial charge in [-0.15, -0.1) is 0 Å². The highest BCUT2D eigenvalue weighted by Gasteiger charge is 2.33. The molecule has 2 unspecified atom stereocenters. The van der Waals surface area contributed by atoms with Crippen molar-refractivity contribution in [3.8, 4) is 0 Å². The molecule has 2 aliphatic rings. The van der Waals surface area contributed by atoms with Gasteiger partial charge in [0, 0.05) is 11.8 Å². The first-order valence-electron chi connectivity index (χ1n) is 7.54. The van der Waals surface area contributed by atoms with Gasteiger partial charge >= 0.3 is 0 Å². The molecule has 0 radical (unpaired) electrons. The summed E-state index contributed by atoms with van der Waals surface area (Å²) in [5.41, 5.74) is 0.328. The summed E-state index contributed by atoms with van der Waals surface area (Å²) in [4.78, 5) is 0. The quantitative estimate of drug-likeness (QED) is 0.781. The Hall–Kier alpha value is -1.11. The second kappa shape index (κ2) is 6.56. The van der Waals surface area contributed by atoms with E-state index in [0.717, 1.165) is 18.6 Å². The maximum atomic E-state index is 13.3. The molecule has 2 heterocycles. The lowest BCUT2D eigenvalue weighted by Crippen LogP contribution is -2.39. The largest absolute Gasteiger partial charge is 0.373 e. The minimum atomic E-state index is -1.45. The molecule has 0 amide bonds. The molecule has 3 nitrogen and oxygen atoms in total. The van der Waals surface area contributed by atoms with Crippen LogP contribution in [0.4, 0.5) is 13.2 Å². The van der Waals surface area contributed by atoms with Crippen molar-refractivity contribution < 1.29 is 27.4 Å². The molecule has 2 saturated heterocycles. The molecule has 3 rings (SSSR count). The topological polar surface area (TPSA) is 27.7 Å². The molecule has 0 aliphatic carbocycles. The third-order valence-corrected chi connectivity index (χ3v) is 4.16. The van der Waals surface area contributed by atoms with Crippen molar-refractivity contribution in [1.29, 1.82) is 0 Å². The molecule has 0 aromatic heterocycles. The van der Waals surface area contributed by atoms with Crippen molar-refractivity contribution in [2.75, 3.05) is 19.8 Å². The number of benzene rings is 1. The molecule has 0 saturated carbocycles. The fourth-order valence-electron chi connectivity index (χ4n) is 2.90. The van der Waals surface area contributed by atoms with Crippen molar-refractivity contribution in [3.05, 3.63) is 35.1 Å². The summed E-state index contributed by atoms with van der Waals surface area (Å²) in [6.07, 6.45) is 0.653. The lowest BCUT2D eigenvalue weighted by molar-refractivity contribution is -0.239. The monoisotopic (exact) mass is 316 g/mol. The molecule has 1 aromatic carbocycles. The van der Waals surface area contributed by atoms with E-state index in [2.05, 4.69) is 6.92 Å². The Morgan fingerprint density at radius 2 is 1.55 bits per heavy atom. The Balaban J connectivity index is 1.60. The van der Waals surface area contributed by atoms with E-state index in [1.54, 1.807) is 0 Å². The second-order valence-corrected chi connectivity index (χ2v) is 6.10. The standard InChI is InChI=1S/C16H19F3O3/c1-9-6-21-16(22-7-9)10-2-3-14(20-8-10)11-4-12(17)15(19)13(18)5-11/h4-5,9-10,14,16H,2-3,6-8H2,1H3. The van der Waals surface area contributed by atoms with Gasteiger partial charge in [0.25, 0.3) is 0 Å². The van der Waals surface area contributed by atoms with E-state index in [1.165, 1.54) is 0 Å². The van der Waals surface area contributed by atoms with Gasteiger partial charge in [-0.05, 0) is 30.5 Å². The SMILES string of the molecule is CC1COC(C2CCC(c3cc(F)c(F)c(F)c3)OC2)OC1. The summed E-state index contributed by atoms with van der Waals surface area (Å²) in [7, 11) is 0. The Morgan fingerprint density at radius 1 is 0.909 bits per heavy atom. The van der Waals surface area contributed by atoms with E-state index in [-0.39, 0.29) is 12.2 Å². The molecule has 122 valence electrons. The van der Waals surface area contributed by atoms with Gasteiger partial charge in [0.1, 0.15) is 0 Å². The zero-order valence-electron chi connectivity index (χ0n) is 12.4. The third-order valence-electron chi connectivity index (χ3n) is 4.16. The van der Waals surface area contributed by atoms with Crippen molar-refractivity contribution in [3.63, 3.8) is 0 Å². The third kappa shape index (κ3) is 3.29. The van der Waals surface area contributed by atoms with Crippen LogP contribution in [0.5, 0.6) is 0 Å². The number of rotatable bonds is 2. The maximum Gasteiger partial charge on any atom is 0.194 e. The molecule has 1 aromatic rings. The molecule has 2 aliphatic heterocycles. The van der Waals surface area contributed by atoms with Crippen LogP contribution in [0.25, 0.3) is 0 Å². The minimum absolute atomic E-state index is 0.110. The Bertz CT molecular complexity index is 498. The first kappa shape index (κ1) is 15.8. The highest BCUT2D eigenvalue weighted by molar-refractivity contribution is 5.22. The zero-order valence-corrected chi connectivity index (χ0v) is 12.4. The van der Waals surface area contributed by atoms with Crippen LogP contribution in [0.3, 0.4) is 0 Å². The predicted octanol–water partition coefficient (Wildman–Crippen LogP) is 3.58. The van der Waals surface area contributed by atoms with Crippen molar-refractivity contribution in [2.24, 2.45) is 11.8 Å². The molecule has 2 atom stereocenters. The van der Waals surface area contributed by atoms with Crippen molar-refractivity contribution in [2.45, 2.75) is 32.2 Å². The van der Waals surface area contributed by atoms with Crippen LogP contribution in [0.1, 0.15) is 31.4 Å². The summed E-state index contributed by atoms with van der Waals surface area (Å²) in [6, 6.07) is 2.00. The first-order valence-corrected chi connectivity index (χ1v) is 7.54. The average Bonchev–Trinajstić information content (AvgIpc) is 2.53. The minimum Gasteiger partial charge on any atom is -0.373 e. The predicted molar refractivity (Wildman–Crippen MR) is 72.6 cm³/mol. The summed E-state index contributed by atoms with van der Waals surface area (Å²) >= 11 is 0. The Morgan fingerprint density at radius 3 is 2.09 bits per heavy atom. The summed E-state index contributed by atoms with van der Waals surface area (Å²) in [5.74, 6) is -3.32. The van der Waals surface area contributed by atoms with Crippen LogP contribution in [-0.2, 0) is 14.2 Å². The van der Waals surface area contributed by atoms with E-state index in [4.69, 9.17) is 14.2 Å². The number of ether oxygens (including phenoxy) is 3. The average molecular weight is 316 g/mol. The van der Waals surface area contributed by atoms with E-state index in [1.807, 2.05) is 0 Å². The van der Waals surface area contributed by atoms with Gasteiger partial charge in [-0.1, -0.05) is 6.92 Å². The van der Waals surface area contributed by atoms with Gasteiger partial charge < -0.3 is 14.2 Å². The van der Waals surface area contributed by atoms with Gasteiger partial charge in [-0.2, -0.15) is 0 Å². The molecule has 22 heavy (non-hydrogen) atoms. The summed E-state index contributed by atoms with van der Waals surface area (Å²) in [5, 5.41) is 0. The lowest BCUT2D eigenvalue weighted by Gasteiger charge is -2.37. The molecule has 0 N–H and O–H groups in total. The van der Waals surface area contributed by atoms with Crippen molar-refractivity contribution in [1.82, 2.24) is 0 Å². The van der Waals surface area contributed by atoms with E-state index >= 15 is 0 Å². The number of halogens is 3. The van der Waals surface area contributed by atoms with Gasteiger partial charge in [-0.3, -0.25) is 0 Å². The smallest absolute Gasteiger partial charge is 0.194 e. The van der Waals surface area contributed by atoms with Gasteiger partial charge in [0.05, 0.1) is 25.9 Å². The summed E-state index contributed by atoms with van der Waals surface area (Å²) in [6.45, 7) is 3.78. The van der Waals surface area contributed by atoms with Crippen LogP contribution in [0.15, 0.2) is 12.1 Å². The zero-order chi connectivity index (χ0) is 15.7.